The number of rotatable bonds is 2. The normalized spacial score (nSPS) is 10.9. The Kier molecular flexibility index (Phi) is 2.40. The lowest BCUT2D eigenvalue weighted by atomic mass is 10.1. The van der Waals surface area contributed by atoms with E-state index < -0.39 is 0 Å². The summed E-state index contributed by atoms with van der Waals surface area (Å²) in [5.41, 5.74) is 3.10. The molecule has 80 valence electrons. The summed E-state index contributed by atoms with van der Waals surface area (Å²) in [5.74, 6) is 0.845. The van der Waals surface area contributed by atoms with Gasteiger partial charge in [-0.15, -0.1) is 0 Å². The Hall–Kier alpha value is -1.48. The summed E-state index contributed by atoms with van der Waals surface area (Å²) in [6.07, 6.45) is 0. The van der Waals surface area contributed by atoms with Crippen LogP contribution in [0.5, 0.6) is 5.75 Å². The van der Waals surface area contributed by atoms with Crippen LogP contribution < -0.4 is 4.74 Å². The van der Waals surface area contributed by atoms with Crippen molar-refractivity contribution in [2.75, 3.05) is 7.11 Å². The second kappa shape index (κ2) is 3.59. The molecule has 0 saturated heterocycles. The van der Waals surface area contributed by atoms with Gasteiger partial charge in [-0.2, -0.15) is 0 Å². The molecule has 0 amide bonds. The lowest BCUT2D eigenvalue weighted by molar-refractivity contribution is 0.272. The van der Waals surface area contributed by atoms with Crippen molar-refractivity contribution in [1.29, 1.82) is 0 Å². The van der Waals surface area contributed by atoms with Gasteiger partial charge >= 0.3 is 0 Å². The molecule has 3 heteroatoms. The largest absolute Gasteiger partial charge is 0.495 e. The molecular weight excluding hydrogens is 190 g/mol. The first-order valence-corrected chi connectivity index (χ1v) is 4.92. The van der Waals surface area contributed by atoms with Crippen molar-refractivity contribution in [1.82, 2.24) is 4.57 Å². The lowest BCUT2D eigenvalue weighted by Crippen LogP contribution is -1.97. The molecule has 0 radical (unpaired) electrons. The molecule has 0 bridgehead atoms. The number of aliphatic hydroxyl groups is 1. The summed E-state index contributed by atoms with van der Waals surface area (Å²) in [7, 11) is 3.61. The SMILES string of the molecule is COc1cccc2c(C)c(CO)n(C)c12. The predicted molar refractivity (Wildman–Crippen MR) is 60.1 cm³/mol. The zero-order chi connectivity index (χ0) is 11.0. The molecule has 0 aliphatic heterocycles. The van der Waals surface area contributed by atoms with Crippen molar-refractivity contribution in [3.05, 3.63) is 29.5 Å². The summed E-state index contributed by atoms with van der Waals surface area (Å²) in [6, 6.07) is 5.95. The number of ether oxygens (including phenoxy) is 1. The maximum Gasteiger partial charge on any atom is 0.143 e. The molecule has 0 spiro atoms. The highest BCUT2D eigenvalue weighted by molar-refractivity contribution is 5.90. The summed E-state index contributed by atoms with van der Waals surface area (Å²) < 4.78 is 7.31. The van der Waals surface area contributed by atoms with Crippen LogP contribution in [0.4, 0.5) is 0 Å². The molecule has 0 unspecified atom stereocenters. The summed E-state index contributed by atoms with van der Waals surface area (Å²) in [5, 5.41) is 10.4. The van der Waals surface area contributed by atoms with Crippen LogP contribution in [0.15, 0.2) is 18.2 Å². The quantitative estimate of drug-likeness (QED) is 0.813. The van der Waals surface area contributed by atoms with Crippen LogP contribution >= 0.6 is 0 Å². The van der Waals surface area contributed by atoms with Gasteiger partial charge in [0, 0.05) is 18.1 Å². The second-order valence-corrected chi connectivity index (χ2v) is 3.65. The van der Waals surface area contributed by atoms with Gasteiger partial charge < -0.3 is 14.4 Å². The molecule has 1 aromatic carbocycles. The van der Waals surface area contributed by atoms with Gasteiger partial charge in [0.2, 0.25) is 0 Å². The minimum absolute atomic E-state index is 0.0557. The van der Waals surface area contributed by atoms with E-state index >= 15 is 0 Å². The van der Waals surface area contributed by atoms with Crippen LogP contribution in [0.3, 0.4) is 0 Å². The number of methoxy groups -OCH3 is 1. The van der Waals surface area contributed by atoms with Crippen LogP contribution in [-0.2, 0) is 13.7 Å². The highest BCUT2D eigenvalue weighted by atomic mass is 16.5. The van der Waals surface area contributed by atoms with Crippen LogP contribution in [0.2, 0.25) is 0 Å². The topological polar surface area (TPSA) is 34.4 Å². The Labute approximate surface area is 88.9 Å². The molecule has 3 nitrogen and oxygen atoms in total. The molecule has 15 heavy (non-hydrogen) atoms. The molecule has 2 rings (SSSR count). The molecule has 0 fully saturated rings. The number of fused-ring (bicyclic) bond motifs is 1. The number of nitrogens with zero attached hydrogens (tertiary/aromatic N) is 1. The van der Waals surface area contributed by atoms with Gasteiger partial charge in [-0.05, 0) is 18.6 Å². The molecule has 0 atom stereocenters. The summed E-state index contributed by atoms with van der Waals surface area (Å²) in [6.45, 7) is 2.08. The smallest absolute Gasteiger partial charge is 0.143 e. The minimum Gasteiger partial charge on any atom is -0.495 e. The number of para-hydroxylation sites is 1. The third-order valence-corrected chi connectivity index (χ3v) is 2.95. The number of benzene rings is 1. The van der Waals surface area contributed by atoms with E-state index in [1.54, 1.807) is 7.11 Å². The first kappa shape index (κ1) is 10.1. The van der Waals surface area contributed by atoms with E-state index in [0.29, 0.717) is 0 Å². The standard InChI is InChI=1S/C12H15NO2/c1-8-9-5-4-6-11(15-3)12(9)13(2)10(8)7-14/h4-6,14H,7H2,1-3H3. The average Bonchev–Trinajstić information content (AvgIpc) is 2.51. The number of hydrogen-bond acceptors (Lipinski definition) is 2. The van der Waals surface area contributed by atoms with Gasteiger partial charge in [0.15, 0.2) is 0 Å². The second-order valence-electron chi connectivity index (χ2n) is 3.65. The van der Waals surface area contributed by atoms with Gasteiger partial charge in [-0.25, -0.2) is 0 Å². The zero-order valence-corrected chi connectivity index (χ0v) is 9.24. The van der Waals surface area contributed by atoms with Crippen LogP contribution in [-0.4, -0.2) is 16.8 Å². The fraction of sp³-hybridized carbons (Fsp3) is 0.333. The third kappa shape index (κ3) is 1.31. The molecule has 2 aromatic rings. The maximum absolute atomic E-state index is 9.30. The van der Waals surface area contributed by atoms with Crippen LogP contribution in [0, 0.1) is 6.92 Å². The fourth-order valence-electron chi connectivity index (χ4n) is 2.10. The Morgan fingerprint density at radius 2 is 2.13 bits per heavy atom. The average molecular weight is 205 g/mol. The molecule has 0 aliphatic rings. The Morgan fingerprint density at radius 1 is 1.40 bits per heavy atom. The Balaban J connectivity index is 2.88. The van der Waals surface area contributed by atoms with E-state index in [-0.39, 0.29) is 6.61 Å². The van der Waals surface area contributed by atoms with Crippen molar-refractivity contribution in [3.8, 4) is 5.75 Å². The van der Waals surface area contributed by atoms with Crippen molar-refractivity contribution < 1.29 is 9.84 Å². The molecule has 1 aromatic heterocycles. The van der Waals surface area contributed by atoms with Crippen molar-refractivity contribution >= 4 is 10.9 Å². The maximum atomic E-state index is 9.30. The van der Waals surface area contributed by atoms with E-state index in [0.717, 1.165) is 27.9 Å². The zero-order valence-electron chi connectivity index (χ0n) is 9.24. The van der Waals surface area contributed by atoms with Gasteiger partial charge in [0.1, 0.15) is 5.75 Å². The van der Waals surface area contributed by atoms with E-state index in [1.807, 2.05) is 36.7 Å². The molecule has 0 saturated carbocycles. The summed E-state index contributed by atoms with van der Waals surface area (Å²) in [4.78, 5) is 0. The molecule has 0 aliphatic carbocycles. The molecular formula is C12H15NO2. The Bertz CT molecular complexity index is 500. The molecule has 1 heterocycles. The Morgan fingerprint density at radius 3 is 2.73 bits per heavy atom. The highest BCUT2D eigenvalue weighted by Gasteiger charge is 2.13. The van der Waals surface area contributed by atoms with Crippen molar-refractivity contribution in [2.45, 2.75) is 13.5 Å². The predicted octanol–water partition coefficient (Wildman–Crippen LogP) is 1.99. The lowest BCUT2D eigenvalue weighted by Gasteiger charge is -2.05. The minimum atomic E-state index is 0.0557. The van der Waals surface area contributed by atoms with Gasteiger partial charge in [-0.3, -0.25) is 0 Å². The van der Waals surface area contributed by atoms with Gasteiger partial charge in [-0.1, -0.05) is 12.1 Å². The monoisotopic (exact) mass is 205 g/mol. The number of aryl methyl sites for hydroxylation is 2. The van der Waals surface area contributed by atoms with Crippen molar-refractivity contribution in [3.63, 3.8) is 0 Å². The number of aliphatic hydroxyl groups excluding tert-OH is 1. The third-order valence-electron chi connectivity index (χ3n) is 2.95. The highest BCUT2D eigenvalue weighted by Crippen LogP contribution is 2.31. The number of aromatic nitrogens is 1. The van der Waals surface area contributed by atoms with Gasteiger partial charge in [0.25, 0.3) is 0 Å². The van der Waals surface area contributed by atoms with Gasteiger partial charge in [0.05, 0.1) is 19.2 Å². The first-order chi connectivity index (χ1) is 7.20. The van der Waals surface area contributed by atoms with E-state index in [2.05, 4.69) is 0 Å². The van der Waals surface area contributed by atoms with Crippen LogP contribution in [0.25, 0.3) is 10.9 Å². The fourth-order valence-corrected chi connectivity index (χ4v) is 2.10. The summed E-state index contributed by atoms with van der Waals surface area (Å²) >= 11 is 0. The van der Waals surface area contributed by atoms with Crippen molar-refractivity contribution in [2.24, 2.45) is 7.05 Å². The molecule has 1 N–H and O–H groups in total. The van der Waals surface area contributed by atoms with E-state index in [1.165, 1.54) is 0 Å². The van der Waals surface area contributed by atoms with E-state index in [4.69, 9.17) is 4.74 Å². The van der Waals surface area contributed by atoms with E-state index in [9.17, 15) is 5.11 Å². The first-order valence-electron chi connectivity index (χ1n) is 4.92. The van der Waals surface area contributed by atoms with Crippen LogP contribution in [0.1, 0.15) is 11.3 Å². The number of hydrogen-bond donors (Lipinski definition) is 1.